The standard InChI is InChI=1S/C18H17FN2O3/c1-24-18(23)13(9-12-5-7-14(22)8-6-12)11-21-17-4-2-3-16(19)15(17)10-20/h2-8,13,21-22H,9,11H2,1H3. The van der Waals surface area contributed by atoms with Crippen LogP contribution in [-0.2, 0) is 16.0 Å². The highest BCUT2D eigenvalue weighted by Crippen LogP contribution is 2.20. The third kappa shape index (κ3) is 4.23. The van der Waals surface area contributed by atoms with Gasteiger partial charge in [0.1, 0.15) is 23.2 Å². The fraction of sp³-hybridized carbons (Fsp3) is 0.222. The highest BCUT2D eigenvalue weighted by atomic mass is 19.1. The van der Waals surface area contributed by atoms with Gasteiger partial charge in [-0.25, -0.2) is 4.39 Å². The van der Waals surface area contributed by atoms with Gasteiger partial charge in [0.15, 0.2) is 0 Å². The second-order valence-electron chi connectivity index (χ2n) is 5.25. The van der Waals surface area contributed by atoms with Gasteiger partial charge in [0.05, 0.1) is 18.7 Å². The third-order valence-electron chi connectivity index (χ3n) is 3.62. The molecule has 1 atom stereocenters. The van der Waals surface area contributed by atoms with Crippen LogP contribution in [0.4, 0.5) is 10.1 Å². The van der Waals surface area contributed by atoms with Crippen LogP contribution in [-0.4, -0.2) is 24.7 Å². The lowest BCUT2D eigenvalue weighted by Gasteiger charge is -2.17. The number of rotatable bonds is 6. The maximum absolute atomic E-state index is 13.6. The van der Waals surface area contributed by atoms with Crippen molar-refractivity contribution in [1.29, 1.82) is 5.26 Å². The number of nitriles is 1. The van der Waals surface area contributed by atoms with Gasteiger partial charge in [0, 0.05) is 6.54 Å². The maximum Gasteiger partial charge on any atom is 0.310 e. The van der Waals surface area contributed by atoms with E-state index in [0.717, 1.165) is 5.56 Å². The van der Waals surface area contributed by atoms with Gasteiger partial charge in [-0.05, 0) is 36.2 Å². The SMILES string of the molecule is COC(=O)C(CNc1cccc(F)c1C#N)Cc1ccc(O)cc1. The summed E-state index contributed by atoms with van der Waals surface area (Å²) in [6, 6.07) is 12.6. The average molecular weight is 328 g/mol. The summed E-state index contributed by atoms with van der Waals surface area (Å²) in [5.74, 6) is -1.40. The van der Waals surface area contributed by atoms with Crippen molar-refractivity contribution in [2.24, 2.45) is 5.92 Å². The fourth-order valence-corrected chi connectivity index (χ4v) is 2.34. The molecule has 0 saturated heterocycles. The van der Waals surface area contributed by atoms with Gasteiger partial charge >= 0.3 is 5.97 Å². The minimum Gasteiger partial charge on any atom is -0.508 e. The molecule has 2 aromatic rings. The summed E-state index contributed by atoms with van der Waals surface area (Å²) < 4.78 is 18.4. The van der Waals surface area contributed by atoms with Gasteiger partial charge in [-0.15, -0.1) is 0 Å². The van der Waals surface area contributed by atoms with Gasteiger partial charge in [0.25, 0.3) is 0 Å². The summed E-state index contributed by atoms with van der Waals surface area (Å²) >= 11 is 0. The number of phenols is 1. The molecule has 24 heavy (non-hydrogen) atoms. The van der Waals surface area contributed by atoms with Gasteiger partial charge in [-0.2, -0.15) is 5.26 Å². The van der Waals surface area contributed by atoms with E-state index >= 15 is 0 Å². The molecule has 0 radical (unpaired) electrons. The van der Waals surface area contributed by atoms with E-state index in [9.17, 15) is 14.3 Å². The molecule has 1 unspecified atom stereocenters. The zero-order valence-electron chi connectivity index (χ0n) is 13.1. The third-order valence-corrected chi connectivity index (χ3v) is 3.62. The van der Waals surface area contributed by atoms with Crippen molar-refractivity contribution in [3.05, 3.63) is 59.4 Å². The summed E-state index contributed by atoms with van der Waals surface area (Å²) in [6.45, 7) is 0.186. The Balaban J connectivity index is 2.12. The van der Waals surface area contributed by atoms with Gasteiger partial charge in [-0.3, -0.25) is 4.79 Å². The van der Waals surface area contributed by atoms with E-state index in [1.165, 1.54) is 31.4 Å². The Morgan fingerprint density at radius 2 is 2.04 bits per heavy atom. The molecule has 0 saturated carbocycles. The Kier molecular flexibility index (Phi) is 5.74. The van der Waals surface area contributed by atoms with E-state index in [1.807, 2.05) is 0 Å². The lowest BCUT2D eigenvalue weighted by atomic mass is 9.99. The van der Waals surface area contributed by atoms with Gasteiger partial charge in [-0.1, -0.05) is 18.2 Å². The molecule has 0 aromatic heterocycles. The first-order valence-electron chi connectivity index (χ1n) is 7.33. The van der Waals surface area contributed by atoms with Crippen molar-refractivity contribution in [3.8, 4) is 11.8 Å². The monoisotopic (exact) mass is 328 g/mol. The molecule has 0 aliphatic carbocycles. The van der Waals surface area contributed by atoms with Crippen LogP contribution in [0.5, 0.6) is 5.75 Å². The Labute approximate surface area is 139 Å². The Hall–Kier alpha value is -3.07. The van der Waals surface area contributed by atoms with E-state index in [-0.39, 0.29) is 17.9 Å². The zero-order chi connectivity index (χ0) is 17.5. The number of phenolic OH excluding ortho intramolecular Hbond substituents is 1. The molecule has 0 heterocycles. The van der Waals surface area contributed by atoms with E-state index in [2.05, 4.69) is 5.32 Å². The highest BCUT2D eigenvalue weighted by molar-refractivity contribution is 5.73. The minimum atomic E-state index is -0.615. The van der Waals surface area contributed by atoms with Crippen LogP contribution >= 0.6 is 0 Å². The number of esters is 1. The number of ether oxygens (including phenoxy) is 1. The van der Waals surface area contributed by atoms with Crippen molar-refractivity contribution in [2.75, 3.05) is 19.0 Å². The lowest BCUT2D eigenvalue weighted by molar-refractivity contribution is -0.144. The number of hydrogen-bond donors (Lipinski definition) is 2. The number of halogens is 1. The van der Waals surface area contributed by atoms with E-state index in [0.29, 0.717) is 12.1 Å². The molecule has 2 rings (SSSR count). The van der Waals surface area contributed by atoms with Crippen molar-refractivity contribution >= 4 is 11.7 Å². The zero-order valence-corrected chi connectivity index (χ0v) is 13.1. The second kappa shape index (κ2) is 7.97. The highest BCUT2D eigenvalue weighted by Gasteiger charge is 2.20. The van der Waals surface area contributed by atoms with Crippen LogP contribution in [0.1, 0.15) is 11.1 Å². The van der Waals surface area contributed by atoms with E-state index < -0.39 is 17.7 Å². The fourth-order valence-electron chi connectivity index (χ4n) is 2.34. The number of carbonyl (C=O) groups is 1. The largest absolute Gasteiger partial charge is 0.508 e. The molecular weight excluding hydrogens is 311 g/mol. The molecular formula is C18H17FN2O3. The first-order valence-corrected chi connectivity index (χ1v) is 7.33. The molecule has 0 bridgehead atoms. The Morgan fingerprint density at radius 3 is 2.67 bits per heavy atom. The Bertz CT molecular complexity index is 754. The number of carbonyl (C=O) groups excluding carboxylic acids is 1. The predicted octanol–water partition coefficient (Wildman–Crippen LogP) is 2.85. The number of hydrogen-bond acceptors (Lipinski definition) is 5. The summed E-state index contributed by atoms with van der Waals surface area (Å²) in [7, 11) is 1.30. The first kappa shape index (κ1) is 17.3. The van der Waals surface area contributed by atoms with Crippen molar-refractivity contribution < 1.29 is 19.0 Å². The number of methoxy groups -OCH3 is 1. The number of aromatic hydroxyl groups is 1. The molecule has 6 heteroatoms. The number of nitrogens with zero attached hydrogens (tertiary/aromatic N) is 1. The minimum absolute atomic E-state index is 0.0919. The summed E-state index contributed by atoms with van der Waals surface area (Å²) in [6.07, 6.45) is 0.386. The number of nitrogens with one attached hydrogen (secondary N) is 1. The van der Waals surface area contributed by atoms with Crippen LogP contribution in [0.3, 0.4) is 0 Å². The normalized spacial score (nSPS) is 11.4. The van der Waals surface area contributed by atoms with Crippen LogP contribution in [0, 0.1) is 23.1 Å². The maximum atomic E-state index is 13.6. The van der Waals surface area contributed by atoms with Crippen LogP contribution in [0.15, 0.2) is 42.5 Å². The van der Waals surface area contributed by atoms with Crippen LogP contribution in [0.25, 0.3) is 0 Å². The quantitative estimate of drug-likeness (QED) is 0.797. The first-order chi connectivity index (χ1) is 11.5. The van der Waals surface area contributed by atoms with Crippen molar-refractivity contribution in [1.82, 2.24) is 0 Å². The van der Waals surface area contributed by atoms with Crippen molar-refractivity contribution in [2.45, 2.75) is 6.42 Å². The molecule has 0 amide bonds. The summed E-state index contributed by atoms with van der Waals surface area (Å²) in [5, 5.41) is 21.3. The molecule has 0 spiro atoms. The summed E-state index contributed by atoms with van der Waals surface area (Å²) in [4.78, 5) is 12.0. The second-order valence-corrected chi connectivity index (χ2v) is 5.25. The van der Waals surface area contributed by atoms with Crippen LogP contribution < -0.4 is 5.32 Å². The van der Waals surface area contributed by atoms with E-state index in [4.69, 9.17) is 10.00 Å². The summed E-state index contributed by atoms with van der Waals surface area (Å²) in [5.41, 5.74) is 1.09. The average Bonchev–Trinajstić information content (AvgIpc) is 2.59. The number of anilines is 1. The number of benzene rings is 2. The smallest absolute Gasteiger partial charge is 0.310 e. The topological polar surface area (TPSA) is 82.3 Å². The molecule has 5 nitrogen and oxygen atoms in total. The molecule has 124 valence electrons. The lowest BCUT2D eigenvalue weighted by Crippen LogP contribution is -2.26. The molecule has 0 aliphatic rings. The molecule has 2 aromatic carbocycles. The molecule has 0 aliphatic heterocycles. The predicted molar refractivity (Wildman–Crippen MR) is 86.9 cm³/mol. The van der Waals surface area contributed by atoms with E-state index in [1.54, 1.807) is 24.3 Å². The molecule has 0 fully saturated rings. The Morgan fingerprint density at radius 1 is 1.33 bits per heavy atom. The van der Waals surface area contributed by atoms with Crippen LogP contribution in [0.2, 0.25) is 0 Å². The van der Waals surface area contributed by atoms with Crippen molar-refractivity contribution in [3.63, 3.8) is 0 Å². The van der Waals surface area contributed by atoms with Gasteiger partial charge < -0.3 is 15.2 Å². The van der Waals surface area contributed by atoms with Gasteiger partial charge in [0.2, 0.25) is 0 Å². The molecule has 2 N–H and O–H groups in total.